The van der Waals surface area contributed by atoms with Crippen LogP contribution < -0.4 is 0 Å². The van der Waals surface area contributed by atoms with Gasteiger partial charge in [-0.2, -0.15) is 0 Å². The van der Waals surface area contributed by atoms with Crippen LogP contribution in [0, 0.1) is 0 Å². The summed E-state index contributed by atoms with van der Waals surface area (Å²) in [5.41, 5.74) is 0. The molecular weight excluding hydrogens is 162 g/mol. The predicted octanol–water partition coefficient (Wildman–Crippen LogP) is 3.00. The van der Waals surface area contributed by atoms with Crippen LogP contribution in [0.1, 0.15) is 40.0 Å². The molecule has 0 aromatic rings. The highest BCUT2D eigenvalue weighted by Crippen LogP contribution is 2.10. The third-order valence-electron chi connectivity index (χ3n) is 2.28. The van der Waals surface area contributed by atoms with E-state index >= 15 is 0 Å². The maximum Gasteiger partial charge on any atom is 0.151 e. The van der Waals surface area contributed by atoms with Gasteiger partial charge in [-0.1, -0.05) is 33.8 Å². The number of unbranched alkanes of at least 4 members (excludes halogenated alkanes) is 1. The fourth-order valence-corrected chi connectivity index (χ4v) is 1.46. The van der Waals surface area contributed by atoms with E-state index in [0.717, 1.165) is 19.5 Å². The average Bonchev–Trinajstić information content (AvgIpc) is 2.16. The predicted molar refractivity (Wildman–Crippen MR) is 57.5 cm³/mol. The smallest absolute Gasteiger partial charge is 0.151 e. The van der Waals surface area contributed by atoms with Crippen molar-refractivity contribution in [3.05, 3.63) is 12.8 Å². The molecule has 0 spiro atoms. The van der Waals surface area contributed by atoms with Crippen LogP contribution in [-0.2, 0) is 4.74 Å². The summed E-state index contributed by atoms with van der Waals surface area (Å²) >= 11 is 0. The van der Waals surface area contributed by atoms with Gasteiger partial charge in [0.1, 0.15) is 0 Å². The van der Waals surface area contributed by atoms with Crippen LogP contribution in [0.15, 0.2) is 12.8 Å². The van der Waals surface area contributed by atoms with Gasteiger partial charge in [-0.05, 0) is 25.9 Å². The first kappa shape index (κ1) is 12.5. The Morgan fingerprint density at radius 2 is 1.92 bits per heavy atom. The van der Waals surface area contributed by atoms with E-state index in [2.05, 4.69) is 32.3 Å². The molecule has 1 atom stereocenters. The highest BCUT2D eigenvalue weighted by atomic mass is 16.5. The number of hydrogen-bond donors (Lipinski definition) is 0. The third kappa shape index (κ3) is 4.94. The minimum Gasteiger partial charge on any atom is -0.483 e. The second-order valence-corrected chi connectivity index (χ2v) is 3.12. The quantitative estimate of drug-likeness (QED) is 0.426. The van der Waals surface area contributed by atoms with Crippen LogP contribution in [-0.4, -0.2) is 24.2 Å². The molecule has 0 aliphatic carbocycles. The Hall–Kier alpha value is -0.500. The molecule has 0 aliphatic heterocycles. The van der Waals surface area contributed by atoms with Crippen molar-refractivity contribution < 1.29 is 4.74 Å². The average molecular weight is 185 g/mol. The lowest BCUT2D eigenvalue weighted by Gasteiger charge is -2.28. The van der Waals surface area contributed by atoms with Crippen LogP contribution in [0.5, 0.6) is 0 Å². The van der Waals surface area contributed by atoms with Crippen LogP contribution in [0.2, 0.25) is 0 Å². The van der Waals surface area contributed by atoms with Crippen molar-refractivity contribution in [2.24, 2.45) is 0 Å². The summed E-state index contributed by atoms with van der Waals surface area (Å²) in [6, 6.07) is 0. The highest BCUT2D eigenvalue weighted by Gasteiger charge is 2.14. The van der Waals surface area contributed by atoms with E-state index in [1.807, 2.05) is 0 Å². The van der Waals surface area contributed by atoms with Gasteiger partial charge < -0.3 is 4.74 Å². The first-order chi connectivity index (χ1) is 6.29. The van der Waals surface area contributed by atoms with E-state index in [-0.39, 0.29) is 6.23 Å². The van der Waals surface area contributed by atoms with Crippen LogP contribution in [0.25, 0.3) is 0 Å². The van der Waals surface area contributed by atoms with Gasteiger partial charge in [0.2, 0.25) is 0 Å². The van der Waals surface area contributed by atoms with Gasteiger partial charge in [-0.3, -0.25) is 4.90 Å². The lowest BCUT2D eigenvalue weighted by molar-refractivity contribution is -0.00917. The SMILES string of the molecule is C=COC(CCCC)N(CC)CC. The molecule has 0 bridgehead atoms. The molecule has 0 aromatic heterocycles. The summed E-state index contributed by atoms with van der Waals surface area (Å²) in [7, 11) is 0. The van der Waals surface area contributed by atoms with Crippen molar-refractivity contribution in [1.82, 2.24) is 4.90 Å². The number of ether oxygens (including phenoxy) is 1. The molecule has 0 saturated carbocycles. The van der Waals surface area contributed by atoms with Crippen molar-refractivity contribution >= 4 is 0 Å². The Balaban J connectivity index is 3.95. The minimum absolute atomic E-state index is 0.229. The molecular formula is C11H23NO. The molecule has 0 aromatic carbocycles. The fraction of sp³-hybridized carbons (Fsp3) is 0.818. The summed E-state index contributed by atoms with van der Waals surface area (Å²) in [5, 5.41) is 0. The zero-order valence-electron chi connectivity index (χ0n) is 9.25. The molecule has 0 fully saturated rings. The van der Waals surface area contributed by atoms with Gasteiger partial charge in [0.15, 0.2) is 6.23 Å². The van der Waals surface area contributed by atoms with Crippen molar-refractivity contribution in [3.8, 4) is 0 Å². The molecule has 13 heavy (non-hydrogen) atoms. The Kier molecular flexibility index (Phi) is 7.80. The molecule has 2 heteroatoms. The van der Waals surface area contributed by atoms with E-state index in [4.69, 9.17) is 4.74 Å². The fourth-order valence-electron chi connectivity index (χ4n) is 1.46. The largest absolute Gasteiger partial charge is 0.483 e. The Morgan fingerprint density at radius 1 is 1.31 bits per heavy atom. The molecule has 2 nitrogen and oxygen atoms in total. The Morgan fingerprint density at radius 3 is 2.31 bits per heavy atom. The van der Waals surface area contributed by atoms with E-state index in [9.17, 15) is 0 Å². The summed E-state index contributed by atoms with van der Waals surface area (Å²) in [6.45, 7) is 12.2. The summed E-state index contributed by atoms with van der Waals surface area (Å²) < 4.78 is 5.48. The van der Waals surface area contributed by atoms with Crippen molar-refractivity contribution in [1.29, 1.82) is 0 Å². The van der Waals surface area contributed by atoms with Crippen molar-refractivity contribution in [3.63, 3.8) is 0 Å². The number of nitrogens with zero attached hydrogens (tertiary/aromatic N) is 1. The van der Waals surface area contributed by atoms with Crippen LogP contribution in [0.3, 0.4) is 0 Å². The molecule has 0 aliphatic rings. The zero-order chi connectivity index (χ0) is 10.1. The van der Waals surface area contributed by atoms with Crippen molar-refractivity contribution in [2.75, 3.05) is 13.1 Å². The van der Waals surface area contributed by atoms with E-state index in [0.29, 0.717) is 0 Å². The first-order valence-corrected chi connectivity index (χ1v) is 5.30. The molecule has 78 valence electrons. The monoisotopic (exact) mass is 185 g/mol. The summed E-state index contributed by atoms with van der Waals surface area (Å²) in [6.07, 6.45) is 5.32. The molecule has 0 amide bonds. The van der Waals surface area contributed by atoms with Gasteiger partial charge >= 0.3 is 0 Å². The topological polar surface area (TPSA) is 12.5 Å². The van der Waals surface area contributed by atoms with Crippen molar-refractivity contribution in [2.45, 2.75) is 46.3 Å². The van der Waals surface area contributed by atoms with E-state index < -0.39 is 0 Å². The second kappa shape index (κ2) is 8.11. The van der Waals surface area contributed by atoms with Gasteiger partial charge in [-0.15, -0.1) is 0 Å². The number of rotatable bonds is 8. The lowest BCUT2D eigenvalue weighted by Crippen LogP contribution is -2.36. The first-order valence-electron chi connectivity index (χ1n) is 5.30. The van der Waals surface area contributed by atoms with Gasteiger partial charge in [0.05, 0.1) is 6.26 Å². The summed E-state index contributed by atoms with van der Waals surface area (Å²) in [4.78, 5) is 2.32. The zero-order valence-corrected chi connectivity index (χ0v) is 9.25. The standard InChI is InChI=1S/C11H23NO/c1-5-9-10-11(13-8-4)12(6-2)7-3/h8,11H,4-7,9-10H2,1-3H3. The van der Waals surface area contributed by atoms with Crippen LogP contribution in [0.4, 0.5) is 0 Å². The normalized spacial score (nSPS) is 12.9. The molecule has 1 unspecified atom stereocenters. The molecule has 0 radical (unpaired) electrons. The molecule has 0 N–H and O–H groups in total. The molecule has 0 saturated heterocycles. The maximum absolute atomic E-state index is 5.48. The number of hydrogen-bond acceptors (Lipinski definition) is 2. The lowest BCUT2D eigenvalue weighted by atomic mass is 10.2. The Labute approximate surface area is 82.6 Å². The molecule has 0 heterocycles. The van der Waals surface area contributed by atoms with E-state index in [1.165, 1.54) is 12.8 Å². The van der Waals surface area contributed by atoms with E-state index in [1.54, 1.807) is 6.26 Å². The maximum atomic E-state index is 5.48. The second-order valence-electron chi connectivity index (χ2n) is 3.12. The van der Waals surface area contributed by atoms with Gasteiger partial charge in [0.25, 0.3) is 0 Å². The summed E-state index contributed by atoms with van der Waals surface area (Å²) in [5.74, 6) is 0. The third-order valence-corrected chi connectivity index (χ3v) is 2.28. The van der Waals surface area contributed by atoms with Crippen LogP contribution >= 0.6 is 0 Å². The van der Waals surface area contributed by atoms with Gasteiger partial charge in [0, 0.05) is 0 Å². The molecule has 0 rings (SSSR count). The van der Waals surface area contributed by atoms with Gasteiger partial charge in [-0.25, -0.2) is 0 Å². The highest BCUT2D eigenvalue weighted by molar-refractivity contribution is 4.64. The Bertz CT molecular complexity index is 121. The minimum atomic E-state index is 0.229.